The Morgan fingerprint density at radius 3 is 2.44 bits per heavy atom. The van der Waals surface area contributed by atoms with E-state index in [1.807, 2.05) is 6.92 Å². The maximum atomic E-state index is 12.5. The number of nitrogens with one attached hydrogen (secondary N) is 1. The summed E-state index contributed by atoms with van der Waals surface area (Å²) < 4.78 is 1.61. The predicted molar refractivity (Wildman–Crippen MR) is 85.4 cm³/mol. The molecule has 3 rings (SSSR count). The molecule has 2 aromatic rings. The monoisotopic (exact) mass is 346 g/mol. The van der Waals surface area contributed by atoms with Gasteiger partial charge >= 0.3 is 11.7 Å². The molecular weight excluding hydrogens is 328 g/mol. The van der Waals surface area contributed by atoms with E-state index in [-0.39, 0.29) is 28.9 Å². The quantitative estimate of drug-likeness (QED) is 0.801. The first-order chi connectivity index (χ1) is 12.0. The van der Waals surface area contributed by atoms with Crippen molar-refractivity contribution in [2.75, 3.05) is 13.1 Å². The summed E-state index contributed by atoms with van der Waals surface area (Å²) in [4.78, 5) is 44.2. The fourth-order valence-electron chi connectivity index (χ4n) is 3.00. The highest BCUT2D eigenvalue weighted by molar-refractivity contribution is 5.92. The Labute approximate surface area is 142 Å². The molecule has 3 heterocycles. The number of carbonyl (C=O) groups is 2. The highest BCUT2D eigenvalue weighted by Crippen LogP contribution is 2.26. The number of aromatic nitrogens is 5. The lowest BCUT2D eigenvalue weighted by atomic mass is 9.95. The number of H-pyrrole nitrogens is 1. The molecular formula is C15H18N6O4. The van der Waals surface area contributed by atoms with Crippen molar-refractivity contribution in [1.29, 1.82) is 0 Å². The van der Waals surface area contributed by atoms with Gasteiger partial charge in [-0.3, -0.25) is 9.36 Å². The molecule has 1 aliphatic heterocycles. The molecule has 0 aromatic carbocycles. The number of likely N-dealkylation sites (tertiary alicyclic amines) is 1. The largest absolute Gasteiger partial charge is 0.476 e. The summed E-state index contributed by atoms with van der Waals surface area (Å²) in [5.41, 5.74) is -0.301. The van der Waals surface area contributed by atoms with Gasteiger partial charge in [0, 0.05) is 25.6 Å². The van der Waals surface area contributed by atoms with Crippen LogP contribution >= 0.6 is 0 Å². The molecule has 1 fully saturated rings. The van der Waals surface area contributed by atoms with Gasteiger partial charge in [-0.25, -0.2) is 24.7 Å². The van der Waals surface area contributed by atoms with E-state index in [0.29, 0.717) is 32.5 Å². The lowest BCUT2D eigenvalue weighted by Crippen LogP contribution is -2.39. The van der Waals surface area contributed by atoms with Crippen LogP contribution in [0.2, 0.25) is 0 Å². The number of hydrogen-bond donors (Lipinski definition) is 2. The van der Waals surface area contributed by atoms with E-state index in [1.54, 1.807) is 9.47 Å². The van der Waals surface area contributed by atoms with Crippen LogP contribution in [0.4, 0.5) is 0 Å². The van der Waals surface area contributed by atoms with E-state index in [0.717, 1.165) is 12.0 Å². The standard InChI is InChI=1S/C15H18N6O4/c1-2-21-12(18-19-15(21)25)9-3-5-20(6-4-9)13(22)10-7-17-11(8-16-10)14(23)24/h7-9H,2-6H2,1H3,(H,19,25)(H,23,24). The molecule has 0 saturated carbocycles. The molecule has 0 bridgehead atoms. The average molecular weight is 346 g/mol. The molecule has 132 valence electrons. The van der Waals surface area contributed by atoms with Gasteiger partial charge < -0.3 is 10.0 Å². The van der Waals surface area contributed by atoms with Gasteiger partial charge in [0.05, 0.1) is 12.4 Å². The Kier molecular flexibility index (Phi) is 4.59. The predicted octanol–water partition coefficient (Wildman–Crippen LogP) is 0.0993. The summed E-state index contributed by atoms with van der Waals surface area (Å²) in [5, 5.41) is 15.4. The Balaban J connectivity index is 1.66. The number of rotatable bonds is 4. The van der Waals surface area contributed by atoms with Crippen LogP contribution in [0.1, 0.15) is 52.5 Å². The summed E-state index contributed by atoms with van der Waals surface area (Å²) in [6, 6.07) is 0. The molecule has 10 heteroatoms. The van der Waals surface area contributed by atoms with Crippen LogP contribution in [0, 0.1) is 0 Å². The molecule has 10 nitrogen and oxygen atoms in total. The third-order valence-corrected chi connectivity index (χ3v) is 4.34. The highest BCUT2D eigenvalue weighted by atomic mass is 16.4. The van der Waals surface area contributed by atoms with Gasteiger partial charge in [0.1, 0.15) is 11.5 Å². The Morgan fingerprint density at radius 1 is 1.24 bits per heavy atom. The smallest absolute Gasteiger partial charge is 0.356 e. The van der Waals surface area contributed by atoms with Crippen molar-refractivity contribution < 1.29 is 14.7 Å². The van der Waals surface area contributed by atoms with Crippen molar-refractivity contribution in [3.63, 3.8) is 0 Å². The molecule has 0 atom stereocenters. The second kappa shape index (κ2) is 6.83. The second-order valence-electron chi connectivity index (χ2n) is 5.79. The maximum absolute atomic E-state index is 12.5. The molecule has 0 radical (unpaired) electrons. The van der Waals surface area contributed by atoms with Crippen LogP contribution in [0.25, 0.3) is 0 Å². The molecule has 1 aliphatic rings. The van der Waals surface area contributed by atoms with Gasteiger partial charge in [0.25, 0.3) is 5.91 Å². The lowest BCUT2D eigenvalue weighted by molar-refractivity contribution is 0.0678. The van der Waals surface area contributed by atoms with E-state index < -0.39 is 5.97 Å². The van der Waals surface area contributed by atoms with Crippen molar-refractivity contribution in [1.82, 2.24) is 29.6 Å². The number of hydrogen-bond acceptors (Lipinski definition) is 6. The number of carboxylic acids is 1. The molecule has 2 aromatic heterocycles. The zero-order valence-electron chi connectivity index (χ0n) is 13.7. The van der Waals surface area contributed by atoms with Gasteiger partial charge in [-0.1, -0.05) is 0 Å². The van der Waals surface area contributed by atoms with Crippen LogP contribution in [0.5, 0.6) is 0 Å². The summed E-state index contributed by atoms with van der Waals surface area (Å²) in [7, 11) is 0. The van der Waals surface area contributed by atoms with Crippen molar-refractivity contribution in [2.45, 2.75) is 32.2 Å². The Bertz CT molecular complexity index is 832. The first-order valence-electron chi connectivity index (χ1n) is 8.01. The molecule has 1 amide bonds. The summed E-state index contributed by atoms with van der Waals surface area (Å²) in [6.07, 6.45) is 3.64. The molecule has 0 unspecified atom stereocenters. The number of carboxylic acid groups (broad SMARTS) is 1. The zero-order chi connectivity index (χ0) is 18.0. The first-order valence-corrected chi connectivity index (χ1v) is 8.01. The molecule has 2 N–H and O–H groups in total. The average Bonchev–Trinajstić information content (AvgIpc) is 3.02. The maximum Gasteiger partial charge on any atom is 0.356 e. The van der Waals surface area contributed by atoms with Crippen LogP contribution in [0.15, 0.2) is 17.2 Å². The summed E-state index contributed by atoms with van der Waals surface area (Å²) in [6.45, 7) is 3.46. The number of aromatic amines is 1. The molecule has 1 saturated heterocycles. The normalized spacial score (nSPS) is 15.3. The highest BCUT2D eigenvalue weighted by Gasteiger charge is 2.28. The first kappa shape index (κ1) is 16.8. The molecule has 25 heavy (non-hydrogen) atoms. The van der Waals surface area contributed by atoms with Gasteiger partial charge in [-0.15, -0.1) is 0 Å². The minimum Gasteiger partial charge on any atom is -0.476 e. The Morgan fingerprint density at radius 2 is 1.88 bits per heavy atom. The second-order valence-corrected chi connectivity index (χ2v) is 5.79. The van der Waals surface area contributed by atoms with Crippen molar-refractivity contribution >= 4 is 11.9 Å². The fourth-order valence-corrected chi connectivity index (χ4v) is 3.00. The van der Waals surface area contributed by atoms with Crippen LogP contribution in [-0.4, -0.2) is 59.7 Å². The third-order valence-electron chi connectivity index (χ3n) is 4.34. The van der Waals surface area contributed by atoms with E-state index >= 15 is 0 Å². The topological polar surface area (TPSA) is 134 Å². The minimum atomic E-state index is -1.19. The van der Waals surface area contributed by atoms with Crippen molar-refractivity contribution in [3.8, 4) is 0 Å². The number of carbonyl (C=O) groups excluding carboxylic acids is 1. The fraction of sp³-hybridized carbons (Fsp3) is 0.467. The number of aromatic carboxylic acids is 1. The number of amides is 1. The van der Waals surface area contributed by atoms with Crippen LogP contribution in [-0.2, 0) is 6.54 Å². The SMILES string of the molecule is CCn1c(C2CCN(C(=O)c3cnc(C(=O)O)cn3)CC2)n[nH]c1=O. The summed E-state index contributed by atoms with van der Waals surface area (Å²) in [5.74, 6) is -0.625. The van der Waals surface area contributed by atoms with Gasteiger partial charge in [0.15, 0.2) is 5.69 Å². The lowest BCUT2D eigenvalue weighted by Gasteiger charge is -2.31. The van der Waals surface area contributed by atoms with Crippen molar-refractivity contribution in [3.05, 3.63) is 40.1 Å². The summed E-state index contributed by atoms with van der Waals surface area (Å²) >= 11 is 0. The van der Waals surface area contributed by atoms with E-state index in [2.05, 4.69) is 20.2 Å². The van der Waals surface area contributed by atoms with Gasteiger partial charge in [-0.2, -0.15) is 5.10 Å². The zero-order valence-corrected chi connectivity index (χ0v) is 13.7. The van der Waals surface area contributed by atoms with E-state index in [4.69, 9.17) is 5.11 Å². The number of piperidine rings is 1. The van der Waals surface area contributed by atoms with E-state index in [1.165, 1.54) is 6.20 Å². The van der Waals surface area contributed by atoms with Gasteiger partial charge in [-0.05, 0) is 19.8 Å². The van der Waals surface area contributed by atoms with Crippen LogP contribution < -0.4 is 5.69 Å². The Hall–Kier alpha value is -3.04. The number of nitrogens with zero attached hydrogens (tertiary/aromatic N) is 5. The molecule has 0 spiro atoms. The van der Waals surface area contributed by atoms with Crippen LogP contribution in [0.3, 0.4) is 0 Å². The van der Waals surface area contributed by atoms with Crippen molar-refractivity contribution in [2.24, 2.45) is 0 Å². The molecule has 0 aliphatic carbocycles. The van der Waals surface area contributed by atoms with Gasteiger partial charge in [0.2, 0.25) is 0 Å². The third kappa shape index (κ3) is 3.28. The minimum absolute atomic E-state index is 0.114. The van der Waals surface area contributed by atoms with E-state index in [9.17, 15) is 14.4 Å².